The third-order valence-corrected chi connectivity index (χ3v) is 5.10. The summed E-state index contributed by atoms with van der Waals surface area (Å²) < 4.78 is 5.34. The lowest BCUT2D eigenvalue weighted by Gasteiger charge is -2.16. The number of benzene rings is 1. The lowest BCUT2D eigenvalue weighted by molar-refractivity contribution is -0.144. The average Bonchev–Trinajstić information content (AvgIpc) is 3.30. The molecule has 0 saturated carbocycles. The molecule has 0 radical (unpaired) electrons. The van der Waals surface area contributed by atoms with Crippen LogP contribution < -0.4 is 5.73 Å². The summed E-state index contributed by atoms with van der Waals surface area (Å²) in [6, 6.07) is 12.3. The number of amides is 2. The van der Waals surface area contributed by atoms with Crippen molar-refractivity contribution in [2.24, 2.45) is 5.73 Å². The molecule has 0 aliphatic carbocycles. The average molecular weight is 392 g/mol. The SMILES string of the molecule is Cc1cc(-c2cc([C@]3(O)CCN(C)C3=O)on2)cc(-c2cccc(C(N)=O)n2)c1. The highest BCUT2D eigenvalue weighted by atomic mass is 16.5. The molecule has 3 aromatic rings. The van der Waals surface area contributed by atoms with Crippen molar-refractivity contribution in [3.8, 4) is 22.5 Å². The van der Waals surface area contributed by atoms with Crippen molar-refractivity contribution >= 4 is 11.8 Å². The fourth-order valence-electron chi connectivity index (χ4n) is 3.50. The Bertz CT molecular complexity index is 1120. The first kappa shape index (κ1) is 18.8. The number of aryl methyl sites for hydroxylation is 1. The Labute approximate surface area is 166 Å². The summed E-state index contributed by atoms with van der Waals surface area (Å²) in [5.74, 6) is -0.878. The van der Waals surface area contributed by atoms with Crippen molar-refractivity contribution in [2.75, 3.05) is 13.6 Å². The quantitative estimate of drug-likeness (QED) is 0.699. The molecule has 2 amide bonds. The van der Waals surface area contributed by atoms with Gasteiger partial charge in [0, 0.05) is 37.2 Å². The maximum Gasteiger partial charge on any atom is 0.267 e. The molecule has 8 heteroatoms. The smallest absolute Gasteiger partial charge is 0.267 e. The highest BCUT2D eigenvalue weighted by Gasteiger charge is 2.48. The molecule has 1 fully saturated rings. The van der Waals surface area contributed by atoms with Crippen molar-refractivity contribution in [3.63, 3.8) is 0 Å². The Morgan fingerprint density at radius 3 is 2.59 bits per heavy atom. The molecule has 1 aliphatic rings. The van der Waals surface area contributed by atoms with Gasteiger partial charge in [-0.25, -0.2) is 4.98 Å². The molecule has 1 aromatic carbocycles. The van der Waals surface area contributed by atoms with Crippen LogP contribution in [-0.4, -0.2) is 45.6 Å². The first-order valence-electron chi connectivity index (χ1n) is 9.12. The van der Waals surface area contributed by atoms with E-state index in [4.69, 9.17) is 10.3 Å². The van der Waals surface area contributed by atoms with Crippen molar-refractivity contribution in [1.29, 1.82) is 0 Å². The molecule has 148 valence electrons. The zero-order valence-electron chi connectivity index (χ0n) is 16.0. The van der Waals surface area contributed by atoms with Crippen LogP contribution in [0.25, 0.3) is 22.5 Å². The second-order valence-electron chi connectivity index (χ2n) is 7.27. The number of nitrogens with two attached hydrogens (primary N) is 1. The Hall–Kier alpha value is -3.52. The lowest BCUT2D eigenvalue weighted by atomic mass is 9.97. The Kier molecular flexibility index (Phi) is 4.43. The lowest BCUT2D eigenvalue weighted by Crippen LogP contribution is -2.35. The number of pyridine rings is 1. The van der Waals surface area contributed by atoms with Gasteiger partial charge in [0.25, 0.3) is 11.8 Å². The van der Waals surface area contributed by atoms with E-state index in [1.165, 1.54) is 4.90 Å². The molecule has 1 aliphatic heterocycles. The fourth-order valence-corrected chi connectivity index (χ4v) is 3.50. The van der Waals surface area contributed by atoms with Crippen LogP contribution in [0.3, 0.4) is 0 Å². The summed E-state index contributed by atoms with van der Waals surface area (Å²) in [7, 11) is 1.64. The minimum atomic E-state index is -1.69. The van der Waals surface area contributed by atoms with Gasteiger partial charge in [-0.15, -0.1) is 0 Å². The molecule has 3 heterocycles. The maximum atomic E-state index is 12.3. The second kappa shape index (κ2) is 6.82. The predicted octanol–water partition coefficient (Wildman–Crippen LogP) is 1.86. The van der Waals surface area contributed by atoms with Gasteiger partial charge in [0.15, 0.2) is 5.76 Å². The number of rotatable bonds is 4. The van der Waals surface area contributed by atoms with E-state index in [0.29, 0.717) is 17.9 Å². The van der Waals surface area contributed by atoms with E-state index < -0.39 is 17.4 Å². The summed E-state index contributed by atoms with van der Waals surface area (Å²) in [5.41, 5.74) is 7.38. The normalized spacial score (nSPS) is 19.0. The number of nitrogens with zero attached hydrogens (tertiary/aromatic N) is 3. The summed E-state index contributed by atoms with van der Waals surface area (Å²) >= 11 is 0. The van der Waals surface area contributed by atoms with Crippen LogP contribution in [0.4, 0.5) is 0 Å². The molecule has 8 nitrogen and oxygen atoms in total. The zero-order chi connectivity index (χ0) is 20.8. The topological polar surface area (TPSA) is 123 Å². The van der Waals surface area contributed by atoms with Gasteiger partial charge in [0.1, 0.15) is 11.4 Å². The van der Waals surface area contributed by atoms with Crippen LogP contribution in [0.5, 0.6) is 0 Å². The molecule has 4 rings (SSSR count). The van der Waals surface area contributed by atoms with E-state index >= 15 is 0 Å². The number of aliphatic hydroxyl groups is 1. The zero-order valence-corrected chi connectivity index (χ0v) is 16.0. The minimum Gasteiger partial charge on any atom is -0.373 e. The summed E-state index contributed by atoms with van der Waals surface area (Å²) in [4.78, 5) is 29.5. The maximum absolute atomic E-state index is 12.3. The van der Waals surface area contributed by atoms with Crippen molar-refractivity contribution in [2.45, 2.75) is 18.9 Å². The monoisotopic (exact) mass is 392 g/mol. The molecule has 0 spiro atoms. The van der Waals surface area contributed by atoms with Crippen LogP contribution in [-0.2, 0) is 10.4 Å². The van der Waals surface area contributed by atoms with Crippen LogP contribution in [0.2, 0.25) is 0 Å². The molecule has 0 bridgehead atoms. The Morgan fingerprint density at radius 2 is 1.93 bits per heavy atom. The van der Waals surface area contributed by atoms with Crippen LogP contribution in [0, 0.1) is 6.92 Å². The third-order valence-electron chi connectivity index (χ3n) is 5.10. The highest BCUT2D eigenvalue weighted by molar-refractivity contribution is 5.91. The molecule has 2 aromatic heterocycles. The number of likely N-dealkylation sites (N-methyl/N-ethyl adjacent to an activating group) is 1. The Balaban J connectivity index is 1.73. The number of hydrogen-bond acceptors (Lipinski definition) is 6. The van der Waals surface area contributed by atoms with E-state index in [0.717, 1.165) is 16.7 Å². The van der Waals surface area contributed by atoms with Gasteiger partial charge in [-0.3, -0.25) is 9.59 Å². The number of primary amides is 1. The number of carbonyl (C=O) groups is 2. The molecule has 1 saturated heterocycles. The fraction of sp³-hybridized carbons (Fsp3) is 0.238. The van der Waals surface area contributed by atoms with E-state index in [1.807, 2.05) is 25.1 Å². The first-order valence-corrected chi connectivity index (χ1v) is 9.12. The van der Waals surface area contributed by atoms with Crippen molar-refractivity contribution < 1.29 is 19.2 Å². The van der Waals surface area contributed by atoms with E-state index in [9.17, 15) is 14.7 Å². The van der Waals surface area contributed by atoms with Crippen LogP contribution >= 0.6 is 0 Å². The first-order chi connectivity index (χ1) is 13.8. The number of carbonyl (C=O) groups excluding carboxylic acids is 2. The van der Waals surface area contributed by atoms with Crippen LogP contribution in [0.1, 0.15) is 28.2 Å². The van der Waals surface area contributed by atoms with E-state index in [2.05, 4.69) is 10.1 Å². The summed E-state index contributed by atoms with van der Waals surface area (Å²) in [5, 5.41) is 14.8. The number of hydrogen-bond donors (Lipinski definition) is 2. The van der Waals surface area contributed by atoms with Crippen LogP contribution in [0.15, 0.2) is 47.0 Å². The van der Waals surface area contributed by atoms with Gasteiger partial charge in [0.05, 0.1) is 5.69 Å². The number of likely N-dealkylation sites (tertiary alicyclic amines) is 1. The van der Waals surface area contributed by atoms with Crippen molar-refractivity contribution in [3.05, 3.63) is 59.5 Å². The molecule has 29 heavy (non-hydrogen) atoms. The van der Waals surface area contributed by atoms with E-state index in [1.54, 1.807) is 31.3 Å². The Morgan fingerprint density at radius 1 is 1.21 bits per heavy atom. The number of aromatic nitrogens is 2. The molecular weight excluding hydrogens is 372 g/mol. The van der Waals surface area contributed by atoms with Gasteiger partial charge in [-0.2, -0.15) is 0 Å². The summed E-state index contributed by atoms with van der Waals surface area (Å²) in [6.07, 6.45) is 0.250. The van der Waals surface area contributed by atoms with E-state index in [-0.39, 0.29) is 17.9 Å². The van der Waals surface area contributed by atoms with Gasteiger partial charge in [0.2, 0.25) is 5.60 Å². The highest BCUT2D eigenvalue weighted by Crippen LogP contribution is 2.35. The summed E-state index contributed by atoms with van der Waals surface area (Å²) in [6.45, 7) is 2.37. The van der Waals surface area contributed by atoms with Crippen molar-refractivity contribution in [1.82, 2.24) is 15.0 Å². The standard InChI is InChI=1S/C21H20N4O4/c1-12-8-13(15-4-3-5-16(23-15)19(22)26)10-14(9-12)17-11-18(29-24-17)21(28)6-7-25(2)20(21)27/h3-5,8-11,28H,6-7H2,1-2H3,(H2,22,26)/t21-/m1/s1. The molecule has 3 N–H and O–H groups in total. The molecule has 1 atom stereocenters. The minimum absolute atomic E-state index is 0.124. The third kappa shape index (κ3) is 3.27. The predicted molar refractivity (Wildman–Crippen MR) is 105 cm³/mol. The van der Waals surface area contributed by atoms with Gasteiger partial charge in [-0.05, 0) is 42.8 Å². The van der Waals surface area contributed by atoms with Gasteiger partial charge < -0.3 is 20.3 Å². The van der Waals surface area contributed by atoms with Gasteiger partial charge in [-0.1, -0.05) is 11.2 Å². The second-order valence-corrected chi connectivity index (χ2v) is 7.27. The van der Waals surface area contributed by atoms with Gasteiger partial charge >= 0.3 is 0 Å². The molecular formula is C21H20N4O4. The largest absolute Gasteiger partial charge is 0.373 e. The molecule has 0 unspecified atom stereocenters.